The molecule has 1 amide bonds. The first kappa shape index (κ1) is 24.3. The Kier molecular flexibility index (Phi) is 8.11. The van der Waals surface area contributed by atoms with Crippen LogP contribution in [0.25, 0.3) is 0 Å². The van der Waals surface area contributed by atoms with Crippen molar-refractivity contribution in [3.05, 3.63) is 93.5 Å². The Labute approximate surface area is 197 Å². The van der Waals surface area contributed by atoms with Crippen LogP contribution in [0.3, 0.4) is 0 Å². The van der Waals surface area contributed by atoms with Gasteiger partial charge in [-0.3, -0.25) is 4.79 Å². The fourth-order valence-corrected chi connectivity index (χ4v) is 3.52. The molecule has 0 atom stereocenters. The van der Waals surface area contributed by atoms with Gasteiger partial charge in [0.05, 0.1) is 29.8 Å². The molecule has 0 bridgehead atoms. The number of halogens is 4. The van der Waals surface area contributed by atoms with Crippen LogP contribution in [-0.2, 0) is 24.0 Å². The standard InChI is InChI=1S/C24H20BrF3N2O3/c1-32-21-12-18(11-20(25)23(21)33-15-16-6-3-2-4-7-16)14-29-30-22(31)13-17-8-5-9-19(10-17)24(26,27)28/h2-12,14H,13,15H2,1H3,(H,30,31)/b29-14-. The number of methoxy groups -OCH3 is 1. The number of amides is 1. The summed E-state index contributed by atoms with van der Waals surface area (Å²) in [5.41, 5.74) is 3.37. The van der Waals surface area contributed by atoms with E-state index in [0.29, 0.717) is 28.1 Å². The van der Waals surface area contributed by atoms with E-state index in [2.05, 4.69) is 26.5 Å². The van der Waals surface area contributed by atoms with Gasteiger partial charge >= 0.3 is 6.18 Å². The van der Waals surface area contributed by atoms with Gasteiger partial charge in [0.25, 0.3) is 0 Å². The summed E-state index contributed by atoms with van der Waals surface area (Å²) < 4.78 is 50.3. The number of benzene rings is 3. The summed E-state index contributed by atoms with van der Waals surface area (Å²) in [6.07, 6.45) is -3.30. The van der Waals surface area contributed by atoms with Crippen molar-refractivity contribution in [2.45, 2.75) is 19.2 Å². The molecule has 0 aliphatic carbocycles. The van der Waals surface area contributed by atoms with Crippen LogP contribution in [0.4, 0.5) is 13.2 Å². The first-order chi connectivity index (χ1) is 15.8. The Balaban J connectivity index is 1.62. The number of rotatable bonds is 8. The number of carbonyl (C=O) groups is 1. The van der Waals surface area contributed by atoms with Gasteiger partial charge in [0.15, 0.2) is 11.5 Å². The Morgan fingerprint density at radius 3 is 2.48 bits per heavy atom. The molecular weight excluding hydrogens is 501 g/mol. The minimum Gasteiger partial charge on any atom is -0.493 e. The van der Waals surface area contributed by atoms with E-state index in [1.54, 1.807) is 12.1 Å². The highest BCUT2D eigenvalue weighted by Gasteiger charge is 2.30. The van der Waals surface area contributed by atoms with Crippen LogP contribution < -0.4 is 14.9 Å². The van der Waals surface area contributed by atoms with Crippen LogP contribution in [-0.4, -0.2) is 19.2 Å². The van der Waals surface area contributed by atoms with Gasteiger partial charge in [-0.15, -0.1) is 0 Å². The zero-order chi connectivity index (χ0) is 23.8. The highest BCUT2D eigenvalue weighted by molar-refractivity contribution is 9.10. The number of hydrazone groups is 1. The normalized spacial score (nSPS) is 11.4. The van der Waals surface area contributed by atoms with Crippen molar-refractivity contribution in [2.75, 3.05) is 7.11 Å². The fraction of sp³-hybridized carbons (Fsp3) is 0.167. The Morgan fingerprint density at radius 1 is 1.06 bits per heavy atom. The Hall–Kier alpha value is -3.33. The highest BCUT2D eigenvalue weighted by atomic mass is 79.9. The molecule has 3 aromatic rings. The lowest BCUT2D eigenvalue weighted by atomic mass is 10.1. The minimum absolute atomic E-state index is 0.236. The molecule has 172 valence electrons. The summed E-state index contributed by atoms with van der Waals surface area (Å²) in [5, 5.41) is 3.88. The molecule has 0 aliphatic heterocycles. The number of carbonyl (C=O) groups excluding carboxylic acids is 1. The predicted molar refractivity (Wildman–Crippen MR) is 122 cm³/mol. The first-order valence-electron chi connectivity index (χ1n) is 9.78. The maximum absolute atomic E-state index is 12.8. The van der Waals surface area contributed by atoms with Gasteiger partial charge in [0.2, 0.25) is 5.91 Å². The van der Waals surface area contributed by atoms with Gasteiger partial charge in [-0.25, -0.2) is 5.43 Å². The van der Waals surface area contributed by atoms with E-state index in [9.17, 15) is 18.0 Å². The minimum atomic E-state index is -4.46. The van der Waals surface area contributed by atoms with Gasteiger partial charge in [0.1, 0.15) is 6.61 Å². The van der Waals surface area contributed by atoms with E-state index < -0.39 is 17.6 Å². The van der Waals surface area contributed by atoms with Crippen molar-refractivity contribution in [2.24, 2.45) is 5.10 Å². The molecule has 0 spiro atoms. The highest BCUT2D eigenvalue weighted by Crippen LogP contribution is 2.37. The van der Waals surface area contributed by atoms with Gasteiger partial charge in [-0.1, -0.05) is 48.5 Å². The molecule has 0 radical (unpaired) electrons. The summed E-state index contributed by atoms with van der Waals surface area (Å²) in [7, 11) is 1.51. The molecule has 33 heavy (non-hydrogen) atoms. The molecule has 1 N–H and O–H groups in total. The number of nitrogens with one attached hydrogen (secondary N) is 1. The van der Waals surface area contributed by atoms with E-state index >= 15 is 0 Å². The first-order valence-corrected chi connectivity index (χ1v) is 10.6. The van der Waals surface area contributed by atoms with Crippen LogP contribution in [0, 0.1) is 0 Å². The van der Waals surface area contributed by atoms with Crippen LogP contribution >= 0.6 is 15.9 Å². The molecular formula is C24H20BrF3N2O3. The lowest BCUT2D eigenvalue weighted by Gasteiger charge is -2.13. The maximum atomic E-state index is 12.8. The van der Waals surface area contributed by atoms with E-state index in [-0.39, 0.29) is 12.0 Å². The number of nitrogens with zero attached hydrogens (tertiary/aromatic N) is 1. The smallest absolute Gasteiger partial charge is 0.416 e. The van der Waals surface area contributed by atoms with Gasteiger partial charge in [-0.2, -0.15) is 18.3 Å². The molecule has 3 aromatic carbocycles. The second-order valence-corrected chi connectivity index (χ2v) is 7.83. The third-order valence-corrected chi connectivity index (χ3v) is 5.09. The third kappa shape index (κ3) is 7.08. The molecule has 9 heteroatoms. The summed E-state index contributed by atoms with van der Waals surface area (Å²) >= 11 is 3.45. The number of hydrogen-bond acceptors (Lipinski definition) is 4. The summed E-state index contributed by atoms with van der Waals surface area (Å²) in [6.45, 7) is 0.356. The average molecular weight is 521 g/mol. The van der Waals surface area contributed by atoms with Crippen molar-refractivity contribution in [1.82, 2.24) is 5.43 Å². The fourth-order valence-electron chi connectivity index (χ4n) is 2.95. The second kappa shape index (κ2) is 11.0. The van der Waals surface area contributed by atoms with E-state index in [1.165, 1.54) is 25.5 Å². The molecule has 0 saturated carbocycles. The van der Waals surface area contributed by atoms with E-state index in [1.807, 2.05) is 30.3 Å². The Bertz CT molecular complexity index is 1140. The quantitative estimate of drug-likeness (QED) is 0.304. The summed E-state index contributed by atoms with van der Waals surface area (Å²) in [6, 6.07) is 17.7. The van der Waals surface area contributed by atoms with Crippen LogP contribution in [0.1, 0.15) is 22.3 Å². The molecule has 3 rings (SSSR count). The second-order valence-electron chi connectivity index (χ2n) is 6.98. The zero-order valence-corrected chi connectivity index (χ0v) is 19.1. The average Bonchev–Trinajstić information content (AvgIpc) is 2.78. The third-order valence-electron chi connectivity index (χ3n) is 4.50. The van der Waals surface area contributed by atoms with Crippen LogP contribution in [0.5, 0.6) is 11.5 Å². The predicted octanol–water partition coefficient (Wildman–Crippen LogP) is 5.75. The molecule has 5 nitrogen and oxygen atoms in total. The molecule has 0 unspecified atom stereocenters. The number of hydrogen-bond donors (Lipinski definition) is 1. The molecule has 0 fully saturated rings. The Morgan fingerprint density at radius 2 is 1.79 bits per heavy atom. The molecule has 0 aliphatic rings. The van der Waals surface area contributed by atoms with Gasteiger partial charge in [-0.05, 0) is 50.8 Å². The summed E-state index contributed by atoms with van der Waals surface area (Å²) in [5.74, 6) is 0.448. The number of ether oxygens (including phenoxy) is 2. The van der Waals surface area contributed by atoms with Gasteiger partial charge in [0, 0.05) is 0 Å². The molecule has 0 heterocycles. The number of alkyl halides is 3. The van der Waals surface area contributed by atoms with Crippen molar-refractivity contribution in [3.63, 3.8) is 0 Å². The lowest BCUT2D eigenvalue weighted by Crippen LogP contribution is -2.20. The zero-order valence-electron chi connectivity index (χ0n) is 17.5. The monoisotopic (exact) mass is 520 g/mol. The molecule has 0 aromatic heterocycles. The summed E-state index contributed by atoms with van der Waals surface area (Å²) in [4.78, 5) is 12.1. The van der Waals surface area contributed by atoms with Crippen molar-refractivity contribution in [3.8, 4) is 11.5 Å². The van der Waals surface area contributed by atoms with Crippen molar-refractivity contribution < 1.29 is 27.4 Å². The maximum Gasteiger partial charge on any atom is 0.416 e. The van der Waals surface area contributed by atoms with E-state index in [4.69, 9.17) is 9.47 Å². The topological polar surface area (TPSA) is 59.9 Å². The van der Waals surface area contributed by atoms with Crippen molar-refractivity contribution in [1.29, 1.82) is 0 Å². The van der Waals surface area contributed by atoms with Crippen LogP contribution in [0.15, 0.2) is 76.3 Å². The SMILES string of the molecule is COc1cc(/C=N\NC(=O)Cc2cccc(C(F)(F)F)c2)cc(Br)c1OCc1ccccc1. The lowest BCUT2D eigenvalue weighted by molar-refractivity contribution is -0.137. The van der Waals surface area contributed by atoms with Crippen LogP contribution in [0.2, 0.25) is 0 Å². The largest absolute Gasteiger partial charge is 0.493 e. The molecule has 0 saturated heterocycles. The van der Waals surface area contributed by atoms with Crippen molar-refractivity contribution >= 4 is 28.1 Å². The van der Waals surface area contributed by atoms with Gasteiger partial charge < -0.3 is 9.47 Å². The van der Waals surface area contributed by atoms with E-state index in [0.717, 1.165) is 17.7 Å².